The van der Waals surface area contributed by atoms with Gasteiger partial charge in [0, 0.05) is 11.4 Å². The molecule has 0 saturated heterocycles. The highest BCUT2D eigenvalue weighted by Crippen LogP contribution is 2.14. The van der Waals surface area contributed by atoms with Gasteiger partial charge in [0.25, 0.3) is 0 Å². The SMILES string of the molecule is CCCC(Br)CCCOC(C)C. The minimum atomic E-state index is 0.380. The Bertz CT molecular complexity index is 93.8. The number of alkyl halides is 1. The molecule has 0 radical (unpaired) electrons. The molecular formula is C10H21BrO. The summed E-state index contributed by atoms with van der Waals surface area (Å²) in [5.41, 5.74) is 0. The first-order valence-electron chi connectivity index (χ1n) is 4.92. The smallest absolute Gasteiger partial charge is 0.0518 e. The molecule has 0 aromatic rings. The van der Waals surface area contributed by atoms with E-state index in [-0.39, 0.29) is 0 Å². The fourth-order valence-corrected chi connectivity index (χ4v) is 1.86. The van der Waals surface area contributed by atoms with Gasteiger partial charge in [-0.1, -0.05) is 29.3 Å². The first kappa shape index (κ1) is 12.4. The summed E-state index contributed by atoms with van der Waals surface area (Å²) in [6.45, 7) is 7.29. The number of rotatable bonds is 7. The van der Waals surface area contributed by atoms with Gasteiger partial charge in [0.1, 0.15) is 0 Å². The van der Waals surface area contributed by atoms with Crippen LogP contribution in [0.1, 0.15) is 46.5 Å². The second-order valence-electron chi connectivity index (χ2n) is 3.45. The summed E-state index contributed by atoms with van der Waals surface area (Å²) < 4.78 is 5.45. The van der Waals surface area contributed by atoms with Crippen molar-refractivity contribution in [2.24, 2.45) is 0 Å². The Kier molecular flexibility index (Phi) is 8.35. The lowest BCUT2D eigenvalue weighted by molar-refractivity contribution is 0.0759. The van der Waals surface area contributed by atoms with Crippen LogP contribution >= 0.6 is 15.9 Å². The Balaban J connectivity index is 3.08. The molecule has 0 aromatic carbocycles. The molecule has 0 N–H and O–H groups in total. The molecule has 0 aliphatic rings. The van der Waals surface area contributed by atoms with E-state index in [0.29, 0.717) is 10.9 Å². The standard InChI is InChI=1S/C10H21BrO/c1-4-6-10(11)7-5-8-12-9(2)3/h9-10H,4-8H2,1-3H3. The Hall–Kier alpha value is 0.440. The number of hydrogen-bond donors (Lipinski definition) is 0. The van der Waals surface area contributed by atoms with Crippen LogP contribution in [0.25, 0.3) is 0 Å². The molecule has 0 aliphatic heterocycles. The lowest BCUT2D eigenvalue weighted by atomic mass is 10.2. The van der Waals surface area contributed by atoms with Gasteiger partial charge in [-0.25, -0.2) is 0 Å². The van der Waals surface area contributed by atoms with Crippen LogP contribution in [-0.2, 0) is 4.74 Å². The van der Waals surface area contributed by atoms with Crippen LogP contribution in [0.15, 0.2) is 0 Å². The van der Waals surface area contributed by atoms with Crippen molar-refractivity contribution in [1.82, 2.24) is 0 Å². The van der Waals surface area contributed by atoms with E-state index < -0.39 is 0 Å². The van der Waals surface area contributed by atoms with Crippen molar-refractivity contribution in [2.45, 2.75) is 57.4 Å². The predicted octanol–water partition coefficient (Wildman–Crippen LogP) is 3.76. The third-order valence-corrected chi connectivity index (χ3v) is 2.63. The molecule has 74 valence electrons. The van der Waals surface area contributed by atoms with Gasteiger partial charge in [-0.05, 0) is 33.1 Å². The van der Waals surface area contributed by atoms with E-state index >= 15 is 0 Å². The Morgan fingerprint density at radius 1 is 1.25 bits per heavy atom. The van der Waals surface area contributed by atoms with Gasteiger partial charge in [0.2, 0.25) is 0 Å². The molecule has 1 nitrogen and oxygen atoms in total. The number of ether oxygens (including phenoxy) is 1. The topological polar surface area (TPSA) is 9.23 Å². The van der Waals surface area contributed by atoms with E-state index in [4.69, 9.17) is 4.74 Å². The maximum absolute atomic E-state index is 5.45. The lowest BCUT2D eigenvalue weighted by Crippen LogP contribution is -2.06. The molecule has 2 heteroatoms. The summed E-state index contributed by atoms with van der Waals surface area (Å²) in [4.78, 5) is 0.693. The van der Waals surface area contributed by atoms with Crippen molar-refractivity contribution in [1.29, 1.82) is 0 Å². The molecule has 0 saturated carbocycles. The van der Waals surface area contributed by atoms with Gasteiger partial charge in [0.15, 0.2) is 0 Å². The second kappa shape index (κ2) is 8.06. The maximum atomic E-state index is 5.45. The van der Waals surface area contributed by atoms with Crippen molar-refractivity contribution in [3.8, 4) is 0 Å². The van der Waals surface area contributed by atoms with Gasteiger partial charge in [0.05, 0.1) is 6.10 Å². The zero-order chi connectivity index (χ0) is 9.40. The van der Waals surface area contributed by atoms with E-state index in [2.05, 4.69) is 36.7 Å². The molecule has 0 heterocycles. The van der Waals surface area contributed by atoms with Crippen LogP contribution in [0.2, 0.25) is 0 Å². The molecule has 0 bridgehead atoms. The van der Waals surface area contributed by atoms with E-state index in [1.54, 1.807) is 0 Å². The van der Waals surface area contributed by atoms with Gasteiger partial charge >= 0.3 is 0 Å². The molecule has 0 aromatic heterocycles. The van der Waals surface area contributed by atoms with Crippen LogP contribution in [-0.4, -0.2) is 17.5 Å². The zero-order valence-electron chi connectivity index (χ0n) is 8.48. The molecule has 0 fully saturated rings. The van der Waals surface area contributed by atoms with Crippen molar-refractivity contribution in [3.63, 3.8) is 0 Å². The Morgan fingerprint density at radius 2 is 1.92 bits per heavy atom. The van der Waals surface area contributed by atoms with Crippen molar-refractivity contribution >= 4 is 15.9 Å². The molecule has 0 rings (SSSR count). The highest BCUT2D eigenvalue weighted by molar-refractivity contribution is 9.09. The third kappa shape index (κ3) is 8.54. The molecule has 0 amide bonds. The van der Waals surface area contributed by atoms with E-state index in [0.717, 1.165) is 6.61 Å². The van der Waals surface area contributed by atoms with Crippen LogP contribution in [0, 0.1) is 0 Å². The van der Waals surface area contributed by atoms with Gasteiger partial charge in [-0.15, -0.1) is 0 Å². The summed E-state index contributed by atoms with van der Waals surface area (Å²) in [5, 5.41) is 0. The average molecular weight is 237 g/mol. The molecule has 0 spiro atoms. The number of halogens is 1. The fourth-order valence-electron chi connectivity index (χ4n) is 1.08. The Morgan fingerprint density at radius 3 is 2.42 bits per heavy atom. The van der Waals surface area contributed by atoms with Crippen molar-refractivity contribution in [3.05, 3.63) is 0 Å². The largest absolute Gasteiger partial charge is 0.379 e. The highest BCUT2D eigenvalue weighted by Gasteiger charge is 2.02. The third-order valence-electron chi connectivity index (χ3n) is 1.71. The molecular weight excluding hydrogens is 216 g/mol. The summed E-state index contributed by atoms with van der Waals surface area (Å²) >= 11 is 3.65. The normalized spacial score (nSPS) is 13.8. The van der Waals surface area contributed by atoms with Crippen LogP contribution in [0.5, 0.6) is 0 Å². The second-order valence-corrected chi connectivity index (χ2v) is 4.74. The molecule has 12 heavy (non-hydrogen) atoms. The Labute approximate surface area is 85.0 Å². The molecule has 0 aliphatic carbocycles. The van der Waals surface area contributed by atoms with Crippen LogP contribution < -0.4 is 0 Å². The minimum absolute atomic E-state index is 0.380. The van der Waals surface area contributed by atoms with Gasteiger partial charge in [-0.3, -0.25) is 0 Å². The summed E-state index contributed by atoms with van der Waals surface area (Å²) in [7, 11) is 0. The maximum Gasteiger partial charge on any atom is 0.0518 e. The average Bonchev–Trinajstić information content (AvgIpc) is 1.98. The van der Waals surface area contributed by atoms with Gasteiger partial charge in [-0.2, -0.15) is 0 Å². The number of hydrogen-bond acceptors (Lipinski definition) is 1. The zero-order valence-corrected chi connectivity index (χ0v) is 10.1. The van der Waals surface area contributed by atoms with Crippen LogP contribution in [0.3, 0.4) is 0 Å². The minimum Gasteiger partial charge on any atom is -0.379 e. The molecule has 1 unspecified atom stereocenters. The van der Waals surface area contributed by atoms with Crippen molar-refractivity contribution in [2.75, 3.05) is 6.61 Å². The quantitative estimate of drug-likeness (QED) is 0.484. The summed E-state index contributed by atoms with van der Waals surface area (Å²) in [5.74, 6) is 0. The first-order chi connectivity index (χ1) is 5.66. The van der Waals surface area contributed by atoms with E-state index in [1.807, 2.05) is 0 Å². The monoisotopic (exact) mass is 236 g/mol. The predicted molar refractivity (Wildman–Crippen MR) is 57.9 cm³/mol. The molecule has 1 atom stereocenters. The summed E-state index contributed by atoms with van der Waals surface area (Å²) in [6, 6.07) is 0. The highest BCUT2D eigenvalue weighted by atomic mass is 79.9. The lowest BCUT2D eigenvalue weighted by Gasteiger charge is -2.09. The fraction of sp³-hybridized carbons (Fsp3) is 1.00. The van der Waals surface area contributed by atoms with E-state index in [9.17, 15) is 0 Å². The summed E-state index contributed by atoms with van der Waals surface area (Å²) in [6.07, 6.45) is 5.34. The van der Waals surface area contributed by atoms with Crippen LogP contribution in [0.4, 0.5) is 0 Å². The first-order valence-corrected chi connectivity index (χ1v) is 5.84. The van der Waals surface area contributed by atoms with Crippen molar-refractivity contribution < 1.29 is 4.74 Å². The van der Waals surface area contributed by atoms with E-state index in [1.165, 1.54) is 25.7 Å². The van der Waals surface area contributed by atoms with Gasteiger partial charge < -0.3 is 4.74 Å².